The number of benzene rings is 8. The van der Waals surface area contributed by atoms with Crippen LogP contribution in [-0.2, 0) is 13.2 Å². The van der Waals surface area contributed by atoms with Gasteiger partial charge in [0.1, 0.15) is 0 Å². The number of nitrogens with one attached hydrogen (secondary N) is 3. The topological polar surface area (TPSA) is 165 Å². The number of carbonyl (C=O) groups is 4. The first-order valence-electron chi connectivity index (χ1n) is 21.2. The Hall–Kier alpha value is -7.96. The van der Waals surface area contributed by atoms with Crippen molar-refractivity contribution < 1.29 is 34.5 Å². The summed E-state index contributed by atoms with van der Waals surface area (Å²) in [6.07, 6.45) is 0. The molecule has 10 nitrogen and oxygen atoms in total. The van der Waals surface area contributed by atoms with E-state index in [1.807, 2.05) is 129 Å². The number of aliphatic hydroxyl groups is 2. The van der Waals surface area contributed by atoms with Gasteiger partial charge in [-0.1, -0.05) is 131 Å². The molecule has 0 heterocycles. The number of carbonyl (C=O) groups excluding carboxylic acids is 3. The van der Waals surface area contributed by atoms with E-state index in [0.717, 1.165) is 60.4 Å². The summed E-state index contributed by atoms with van der Waals surface area (Å²) >= 11 is 3.39. The van der Waals surface area contributed by atoms with E-state index >= 15 is 0 Å². The van der Waals surface area contributed by atoms with Gasteiger partial charge in [0.25, 0.3) is 17.7 Å². The largest absolute Gasteiger partial charge is 0.478 e. The number of aliphatic hydroxyl groups excluding tert-OH is 2. The molecule has 8 rings (SSSR count). The van der Waals surface area contributed by atoms with Crippen molar-refractivity contribution in [3.05, 3.63) is 243 Å². The summed E-state index contributed by atoms with van der Waals surface area (Å²) in [5.74, 6) is -1.72. The SMILES string of the molecule is Cc1ccc(-c2cccc(CO)c2)cc1NC(=O)c1ccccc1.Cc1ccc(Br)cc1NC(=O)c1ccccc1.O=C(Nc1cc(-c2cccc(CO)c2)ccc1C(=O)O)c1ccccc1. The van der Waals surface area contributed by atoms with Crippen LogP contribution in [0, 0.1) is 13.8 Å². The summed E-state index contributed by atoms with van der Waals surface area (Å²) in [7, 11) is 0. The number of aromatic carboxylic acids is 1. The Kier molecular flexibility index (Phi) is 17.2. The molecule has 0 saturated carbocycles. The second kappa shape index (κ2) is 23.8. The van der Waals surface area contributed by atoms with Crippen LogP contribution in [0.5, 0.6) is 0 Å². The minimum absolute atomic E-state index is 0.0105. The second-order valence-electron chi connectivity index (χ2n) is 15.2. The lowest BCUT2D eigenvalue weighted by atomic mass is 10.0. The molecule has 0 saturated heterocycles. The number of aryl methyl sites for hydroxylation is 2. The van der Waals surface area contributed by atoms with Gasteiger partial charge in [-0.3, -0.25) is 14.4 Å². The maximum atomic E-state index is 12.4. The van der Waals surface area contributed by atoms with Gasteiger partial charge in [-0.15, -0.1) is 0 Å². The first kappa shape index (κ1) is 48.5. The Labute approximate surface area is 397 Å². The van der Waals surface area contributed by atoms with Gasteiger partial charge in [-0.25, -0.2) is 4.79 Å². The van der Waals surface area contributed by atoms with Crippen molar-refractivity contribution in [2.45, 2.75) is 27.1 Å². The number of hydrogen-bond donors (Lipinski definition) is 6. The van der Waals surface area contributed by atoms with E-state index in [1.54, 1.807) is 72.8 Å². The highest BCUT2D eigenvalue weighted by molar-refractivity contribution is 9.10. The molecule has 0 atom stereocenters. The van der Waals surface area contributed by atoms with Crippen molar-refractivity contribution in [2.75, 3.05) is 16.0 Å². The van der Waals surface area contributed by atoms with Gasteiger partial charge in [0.15, 0.2) is 0 Å². The minimum atomic E-state index is -1.12. The van der Waals surface area contributed by atoms with Crippen LogP contribution in [0.4, 0.5) is 17.1 Å². The summed E-state index contributed by atoms with van der Waals surface area (Å²) in [5.41, 5.74) is 10.8. The average Bonchev–Trinajstić information content (AvgIpc) is 3.36. The second-order valence-corrected chi connectivity index (χ2v) is 16.1. The van der Waals surface area contributed by atoms with Crippen molar-refractivity contribution in [3.8, 4) is 22.3 Å². The van der Waals surface area contributed by atoms with E-state index in [2.05, 4.69) is 31.9 Å². The zero-order valence-electron chi connectivity index (χ0n) is 36.7. The summed E-state index contributed by atoms with van der Waals surface area (Å²) in [5, 5.41) is 36.5. The number of hydrogen-bond acceptors (Lipinski definition) is 6. The Morgan fingerprint density at radius 1 is 0.418 bits per heavy atom. The quantitative estimate of drug-likeness (QED) is 0.0751. The number of amides is 3. The maximum absolute atomic E-state index is 12.4. The predicted molar refractivity (Wildman–Crippen MR) is 269 cm³/mol. The van der Waals surface area contributed by atoms with Crippen LogP contribution in [0.15, 0.2) is 199 Å². The van der Waals surface area contributed by atoms with E-state index in [0.29, 0.717) is 16.7 Å². The van der Waals surface area contributed by atoms with Crippen molar-refractivity contribution >= 4 is 56.7 Å². The average molecular weight is 955 g/mol. The maximum Gasteiger partial charge on any atom is 0.337 e. The van der Waals surface area contributed by atoms with Gasteiger partial charge in [0.2, 0.25) is 0 Å². The summed E-state index contributed by atoms with van der Waals surface area (Å²) in [6, 6.07) is 58.5. The highest BCUT2D eigenvalue weighted by Gasteiger charge is 2.16. The molecule has 8 aromatic carbocycles. The normalized spacial score (nSPS) is 10.3. The van der Waals surface area contributed by atoms with Crippen LogP contribution in [0.25, 0.3) is 22.3 Å². The zero-order valence-corrected chi connectivity index (χ0v) is 38.3. The van der Waals surface area contributed by atoms with E-state index < -0.39 is 5.97 Å². The lowest BCUT2D eigenvalue weighted by Gasteiger charge is -2.12. The Morgan fingerprint density at radius 2 is 0.791 bits per heavy atom. The monoisotopic (exact) mass is 953 g/mol. The minimum Gasteiger partial charge on any atom is -0.478 e. The smallest absolute Gasteiger partial charge is 0.337 e. The molecule has 0 spiro atoms. The van der Waals surface area contributed by atoms with Crippen molar-refractivity contribution in [1.29, 1.82) is 0 Å². The summed E-state index contributed by atoms with van der Waals surface area (Å²) in [4.78, 5) is 48.2. The van der Waals surface area contributed by atoms with Gasteiger partial charge in [0.05, 0.1) is 24.5 Å². The first-order valence-corrected chi connectivity index (χ1v) is 22.0. The van der Waals surface area contributed by atoms with Crippen LogP contribution < -0.4 is 16.0 Å². The van der Waals surface area contributed by atoms with Crippen LogP contribution >= 0.6 is 15.9 Å². The highest BCUT2D eigenvalue weighted by Crippen LogP contribution is 2.29. The molecule has 336 valence electrons. The van der Waals surface area contributed by atoms with Crippen LogP contribution in [-0.4, -0.2) is 39.0 Å². The Bertz CT molecular complexity index is 2980. The first-order chi connectivity index (χ1) is 32.4. The molecule has 0 aromatic heterocycles. The fourth-order valence-electron chi connectivity index (χ4n) is 6.73. The number of carboxylic acids is 1. The molecule has 0 fully saturated rings. The zero-order chi connectivity index (χ0) is 47.7. The molecule has 0 radical (unpaired) electrons. The van der Waals surface area contributed by atoms with Gasteiger partial charge in [-0.2, -0.15) is 0 Å². The van der Waals surface area contributed by atoms with Crippen molar-refractivity contribution in [3.63, 3.8) is 0 Å². The molecule has 11 heteroatoms. The van der Waals surface area contributed by atoms with Crippen molar-refractivity contribution in [2.24, 2.45) is 0 Å². The molecule has 0 aliphatic carbocycles. The van der Waals surface area contributed by atoms with Crippen molar-refractivity contribution in [1.82, 2.24) is 0 Å². The molecule has 0 unspecified atom stereocenters. The highest BCUT2D eigenvalue weighted by atomic mass is 79.9. The number of rotatable bonds is 11. The molecule has 6 N–H and O–H groups in total. The number of halogens is 1. The lowest BCUT2D eigenvalue weighted by Crippen LogP contribution is -2.14. The third-order valence-corrected chi connectivity index (χ3v) is 10.9. The lowest BCUT2D eigenvalue weighted by molar-refractivity contribution is 0.0697. The summed E-state index contributed by atoms with van der Waals surface area (Å²) in [6.45, 7) is 3.86. The molecule has 0 bridgehead atoms. The third kappa shape index (κ3) is 13.8. The van der Waals surface area contributed by atoms with E-state index in [4.69, 9.17) is 0 Å². The Balaban J connectivity index is 0.000000169. The molecule has 0 aliphatic rings. The summed E-state index contributed by atoms with van der Waals surface area (Å²) < 4.78 is 0.950. The molecule has 8 aromatic rings. The Morgan fingerprint density at radius 3 is 1.22 bits per heavy atom. The fraction of sp³-hybridized carbons (Fsp3) is 0.0714. The third-order valence-electron chi connectivity index (χ3n) is 10.4. The van der Waals surface area contributed by atoms with Gasteiger partial charge in [-0.05, 0) is 137 Å². The molecular weight excluding hydrogens is 907 g/mol. The van der Waals surface area contributed by atoms with Gasteiger partial charge >= 0.3 is 5.97 Å². The molecule has 3 amide bonds. The van der Waals surface area contributed by atoms with E-state index in [9.17, 15) is 34.5 Å². The molecular formula is C56H48BrN3O7. The van der Waals surface area contributed by atoms with Gasteiger partial charge < -0.3 is 31.3 Å². The van der Waals surface area contributed by atoms with Crippen LogP contribution in [0.1, 0.15) is 63.7 Å². The standard InChI is InChI=1S/C21H17NO4.C21H19NO2.C14H12BrNO/c23-13-14-5-4-8-16(11-14)17-9-10-18(21(25)26)19(12-17)22-20(24)15-6-2-1-3-7-15;1-15-10-11-19(18-9-5-6-16(12-18)14-23)13-20(15)22-21(24)17-7-3-2-4-8-17;1-10-7-8-12(15)9-13(10)16-14(17)11-5-3-2-4-6-11/h1-12,23H,13H2,(H,22,24)(H,25,26);2-13,23H,14H2,1H3,(H,22,24);2-9H,1H3,(H,16,17). The molecule has 0 aliphatic heterocycles. The van der Waals surface area contributed by atoms with Gasteiger partial charge in [0, 0.05) is 32.5 Å². The van der Waals surface area contributed by atoms with E-state index in [1.165, 1.54) is 6.07 Å². The number of carboxylic acid groups (broad SMARTS) is 1. The fourth-order valence-corrected chi connectivity index (χ4v) is 7.09. The predicted octanol–water partition coefficient (Wildman–Crippen LogP) is 12.2. The number of anilines is 3. The van der Waals surface area contributed by atoms with E-state index in [-0.39, 0.29) is 42.2 Å². The van der Waals surface area contributed by atoms with Crippen LogP contribution in [0.2, 0.25) is 0 Å². The molecule has 67 heavy (non-hydrogen) atoms. The van der Waals surface area contributed by atoms with Crippen LogP contribution in [0.3, 0.4) is 0 Å².